The molecule has 2 aromatic heterocycles. The minimum Gasteiger partial charge on any atom is -0.320 e. The molecule has 140 valence electrons. The number of H-pyrrole nitrogens is 1. The lowest BCUT2D eigenvalue weighted by Gasteiger charge is -2.09. The van der Waals surface area contributed by atoms with Crippen molar-refractivity contribution in [3.05, 3.63) is 95.3 Å². The molecule has 0 spiro atoms. The van der Waals surface area contributed by atoms with E-state index in [2.05, 4.69) is 77.8 Å². The van der Waals surface area contributed by atoms with Gasteiger partial charge < -0.3 is 4.98 Å². The van der Waals surface area contributed by atoms with Gasteiger partial charge in [0.25, 0.3) is 5.56 Å². The first-order chi connectivity index (χ1) is 14.8. The van der Waals surface area contributed by atoms with E-state index in [1.165, 1.54) is 31.6 Å². The summed E-state index contributed by atoms with van der Waals surface area (Å²) in [7, 11) is 0. The van der Waals surface area contributed by atoms with Crippen molar-refractivity contribution >= 4 is 74.7 Å². The van der Waals surface area contributed by atoms with Gasteiger partial charge in [0.15, 0.2) is 0 Å². The minimum atomic E-state index is -0.0109. The van der Waals surface area contributed by atoms with Crippen molar-refractivity contribution < 1.29 is 0 Å². The number of hydrogen-bond donors (Lipinski definition) is 1. The van der Waals surface area contributed by atoms with Gasteiger partial charge in [0.1, 0.15) is 4.70 Å². The average molecular weight is 401 g/mol. The van der Waals surface area contributed by atoms with Crippen LogP contribution >= 0.6 is 11.3 Å². The Kier molecular flexibility index (Phi) is 3.06. The number of aromatic amines is 1. The number of fused-ring (bicyclic) bond motifs is 12. The van der Waals surface area contributed by atoms with Crippen LogP contribution in [0.2, 0.25) is 0 Å². The molecule has 0 aliphatic heterocycles. The maximum absolute atomic E-state index is 13.2. The third-order valence-corrected chi connectivity index (χ3v) is 7.43. The zero-order valence-electron chi connectivity index (χ0n) is 15.9. The fourth-order valence-corrected chi connectivity index (χ4v) is 6.20. The molecule has 0 saturated carbocycles. The molecule has 0 aliphatic carbocycles. The highest BCUT2D eigenvalue weighted by Gasteiger charge is 2.18. The van der Waals surface area contributed by atoms with Gasteiger partial charge in [0, 0.05) is 31.6 Å². The van der Waals surface area contributed by atoms with E-state index in [0.29, 0.717) is 0 Å². The smallest absolute Gasteiger partial charge is 0.266 e. The summed E-state index contributed by atoms with van der Waals surface area (Å²) in [4.78, 5) is 16.4. The molecular formula is C27H15NOS. The Labute approximate surface area is 175 Å². The summed E-state index contributed by atoms with van der Waals surface area (Å²) in [6.07, 6.45) is 0. The Bertz CT molecular complexity index is 1870. The first-order valence-corrected chi connectivity index (χ1v) is 10.8. The van der Waals surface area contributed by atoms with Crippen LogP contribution in [0.4, 0.5) is 0 Å². The summed E-state index contributed by atoms with van der Waals surface area (Å²) >= 11 is 1.61. The van der Waals surface area contributed by atoms with E-state index in [1.807, 2.05) is 12.1 Å². The van der Waals surface area contributed by atoms with E-state index in [1.54, 1.807) is 11.3 Å². The van der Waals surface area contributed by atoms with Gasteiger partial charge in [-0.1, -0.05) is 84.9 Å². The van der Waals surface area contributed by atoms with Crippen molar-refractivity contribution in [1.29, 1.82) is 0 Å². The predicted molar refractivity (Wildman–Crippen MR) is 130 cm³/mol. The zero-order valence-corrected chi connectivity index (χ0v) is 16.7. The van der Waals surface area contributed by atoms with Gasteiger partial charge in [-0.3, -0.25) is 4.79 Å². The number of benzene rings is 5. The molecule has 0 radical (unpaired) electrons. The highest BCUT2D eigenvalue weighted by Crippen LogP contribution is 2.45. The zero-order chi connectivity index (χ0) is 19.8. The quantitative estimate of drug-likeness (QED) is 0.265. The van der Waals surface area contributed by atoms with E-state index in [9.17, 15) is 4.79 Å². The third kappa shape index (κ3) is 1.95. The Morgan fingerprint density at radius 3 is 1.93 bits per heavy atom. The molecule has 0 fully saturated rings. The van der Waals surface area contributed by atoms with Gasteiger partial charge >= 0.3 is 0 Å². The molecule has 7 aromatic rings. The Morgan fingerprint density at radius 1 is 0.533 bits per heavy atom. The Balaban J connectivity index is 1.88. The molecule has 7 rings (SSSR count). The van der Waals surface area contributed by atoms with Crippen molar-refractivity contribution in [3.8, 4) is 0 Å². The molecular weight excluding hydrogens is 386 g/mol. The lowest BCUT2D eigenvalue weighted by Crippen LogP contribution is -2.04. The highest BCUT2D eigenvalue weighted by molar-refractivity contribution is 7.27. The second-order valence-corrected chi connectivity index (χ2v) is 8.79. The fraction of sp³-hybridized carbons (Fsp3) is 0. The second kappa shape index (κ2) is 5.68. The van der Waals surface area contributed by atoms with Gasteiger partial charge in [-0.25, -0.2) is 0 Å². The predicted octanol–water partition coefficient (Wildman–Crippen LogP) is 7.36. The third-order valence-electron chi connectivity index (χ3n) is 6.21. The summed E-state index contributed by atoms with van der Waals surface area (Å²) in [5.41, 5.74) is 0.908. The number of nitrogens with one attached hydrogen (secondary N) is 1. The minimum absolute atomic E-state index is 0.0109. The number of aromatic nitrogens is 1. The van der Waals surface area contributed by atoms with Gasteiger partial charge in [0.05, 0.1) is 5.52 Å². The summed E-state index contributed by atoms with van der Waals surface area (Å²) < 4.78 is 1.99. The van der Waals surface area contributed by atoms with Crippen LogP contribution in [0.3, 0.4) is 0 Å². The van der Waals surface area contributed by atoms with Crippen LogP contribution in [-0.2, 0) is 0 Å². The Hall–Kier alpha value is -3.69. The maximum atomic E-state index is 13.2. The van der Waals surface area contributed by atoms with Crippen LogP contribution in [-0.4, -0.2) is 4.98 Å². The lowest BCUT2D eigenvalue weighted by molar-refractivity contribution is 1.37. The summed E-state index contributed by atoms with van der Waals surface area (Å²) in [6, 6.07) is 29.6. The molecule has 2 heterocycles. The summed E-state index contributed by atoms with van der Waals surface area (Å²) in [6.45, 7) is 0. The van der Waals surface area contributed by atoms with Crippen LogP contribution < -0.4 is 5.56 Å². The summed E-state index contributed by atoms with van der Waals surface area (Å²) in [5.74, 6) is 0. The lowest BCUT2D eigenvalue weighted by atomic mass is 9.95. The first kappa shape index (κ1) is 16.1. The van der Waals surface area contributed by atoms with Crippen molar-refractivity contribution in [1.82, 2.24) is 4.98 Å². The largest absolute Gasteiger partial charge is 0.320 e. The fourth-order valence-electron chi connectivity index (χ4n) is 4.93. The SMILES string of the molecule is O=c1[nH]c2c3ccccc3ccc2c2c1sc1c3ccccc3c3ccccc3c12. The molecule has 0 atom stereocenters. The van der Waals surface area contributed by atoms with Crippen LogP contribution in [0.5, 0.6) is 0 Å². The standard InChI is InChI=1S/C27H15NOS/c29-27-26-23(21-14-13-15-7-1-2-8-16(15)24(21)28-27)22-19-11-5-3-9-17(19)18-10-4-6-12-20(18)25(22)30-26/h1-14H,(H,28,29). The van der Waals surface area contributed by atoms with Crippen molar-refractivity contribution in [2.45, 2.75) is 0 Å². The van der Waals surface area contributed by atoms with Crippen LogP contribution in [0, 0.1) is 0 Å². The number of hydrogen-bond acceptors (Lipinski definition) is 2. The van der Waals surface area contributed by atoms with Crippen molar-refractivity contribution in [2.24, 2.45) is 0 Å². The molecule has 3 heteroatoms. The van der Waals surface area contributed by atoms with Gasteiger partial charge in [-0.2, -0.15) is 0 Å². The van der Waals surface area contributed by atoms with E-state index in [4.69, 9.17) is 0 Å². The summed E-state index contributed by atoms with van der Waals surface area (Å²) in [5, 5.41) is 10.5. The maximum Gasteiger partial charge on any atom is 0.266 e. The molecule has 5 aromatic carbocycles. The van der Waals surface area contributed by atoms with Gasteiger partial charge in [-0.15, -0.1) is 11.3 Å². The molecule has 0 bridgehead atoms. The normalized spacial score (nSPS) is 12.1. The van der Waals surface area contributed by atoms with E-state index in [0.717, 1.165) is 31.8 Å². The van der Waals surface area contributed by atoms with E-state index >= 15 is 0 Å². The molecule has 0 aliphatic rings. The van der Waals surface area contributed by atoms with Crippen molar-refractivity contribution in [3.63, 3.8) is 0 Å². The Morgan fingerprint density at radius 2 is 1.13 bits per heavy atom. The van der Waals surface area contributed by atoms with Crippen LogP contribution in [0.1, 0.15) is 0 Å². The number of thiophene rings is 1. The van der Waals surface area contributed by atoms with Gasteiger partial charge in [0.2, 0.25) is 0 Å². The van der Waals surface area contributed by atoms with Crippen molar-refractivity contribution in [2.75, 3.05) is 0 Å². The molecule has 30 heavy (non-hydrogen) atoms. The molecule has 1 N–H and O–H groups in total. The average Bonchev–Trinajstić information content (AvgIpc) is 3.21. The molecule has 2 nitrogen and oxygen atoms in total. The van der Waals surface area contributed by atoms with Gasteiger partial charge in [-0.05, 0) is 21.5 Å². The van der Waals surface area contributed by atoms with E-state index in [-0.39, 0.29) is 5.56 Å². The van der Waals surface area contributed by atoms with Crippen LogP contribution in [0.15, 0.2) is 89.7 Å². The highest BCUT2D eigenvalue weighted by atomic mass is 32.1. The molecule has 0 saturated heterocycles. The topological polar surface area (TPSA) is 32.9 Å². The number of rotatable bonds is 0. The molecule has 0 unspecified atom stereocenters. The van der Waals surface area contributed by atoms with E-state index < -0.39 is 0 Å². The van der Waals surface area contributed by atoms with Crippen LogP contribution in [0.25, 0.3) is 63.4 Å². The number of pyridine rings is 1. The molecule has 0 amide bonds. The first-order valence-electron chi connectivity index (χ1n) is 10.0. The second-order valence-electron chi connectivity index (χ2n) is 7.76. The monoisotopic (exact) mass is 401 g/mol.